The van der Waals surface area contributed by atoms with Crippen LogP contribution in [0.4, 0.5) is 14.5 Å². The standard InChI is InChI=1S/C6H2BrF2IN2O2/c7-2-1-11-6(10)3(5(8)9)4(2)12(13)14/h1,5H. The van der Waals surface area contributed by atoms with Crippen LogP contribution in [-0.2, 0) is 0 Å². The van der Waals surface area contributed by atoms with Gasteiger partial charge in [-0.3, -0.25) is 10.1 Å². The summed E-state index contributed by atoms with van der Waals surface area (Å²) >= 11 is 4.34. The molecule has 0 aromatic carbocycles. The maximum absolute atomic E-state index is 12.5. The van der Waals surface area contributed by atoms with Gasteiger partial charge in [-0.2, -0.15) is 0 Å². The Morgan fingerprint density at radius 1 is 1.64 bits per heavy atom. The largest absolute Gasteiger partial charge is 0.296 e. The molecule has 76 valence electrons. The van der Waals surface area contributed by atoms with Crippen LogP contribution in [-0.4, -0.2) is 9.91 Å². The van der Waals surface area contributed by atoms with E-state index in [-0.39, 0.29) is 8.17 Å². The van der Waals surface area contributed by atoms with Crippen LogP contribution in [0.2, 0.25) is 0 Å². The first-order valence-electron chi connectivity index (χ1n) is 3.21. The van der Waals surface area contributed by atoms with Gasteiger partial charge >= 0.3 is 0 Å². The van der Waals surface area contributed by atoms with Crippen LogP contribution < -0.4 is 0 Å². The monoisotopic (exact) mass is 378 g/mol. The maximum Gasteiger partial charge on any atom is 0.296 e. The van der Waals surface area contributed by atoms with Crippen molar-refractivity contribution in [1.29, 1.82) is 0 Å². The number of hydrogen-bond acceptors (Lipinski definition) is 3. The molecule has 0 fully saturated rings. The molecule has 1 heterocycles. The first kappa shape index (κ1) is 11.7. The van der Waals surface area contributed by atoms with Crippen LogP contribution in [0.25, 0.3) is 0 Å². The molecule has 0 atom stereocenters. The second-order valence-electron chi connectivity index (χ2n) is 2.22. The van der Waals surface area contributed by atoms with Gasteiger partial charge in [0.25, 0.3) is 12.1 Å². The SMILES string of the molecule is O=[N+]([O-])c1c(Br)cnc(I)c1C(F)F. The van der Waals surface area contributed by atoms with E-state index in [4.69, 9.17) is 0 Å². The lowest BCUT2D eigenvalue weighted by atomic mass is 10.2. The van der Waals surface area contributed by atoms with E-state index in [1.54, 1.807) is 0 Å². The van der Waals surface area contributed by atoms with Crippen molar-refractivity contribution in [2.75, 3.05) is 0 Å². The molecule has 0 amide bonds. The molecule has 0 bridgehead atoms. The number of nitro groups is 1. The van der Waals surface area contributed by atoms with Gasteiger partial charge < -0.3 is 0 Å². The fourth-order valence-electron chi connectivity index (χ4n) is 0.849. The van der Waals surface area contributed by atoms with Gasteiger partial charge in [0, 0.05) is 6.20 Å². The van der Waals surface area contributed by atoms with E-state index in [2.05, 4.69) is 20.9 Å². The molecule has 0 saturated heterocycles. The molecule has 0 aliphatic carbocycles. The van der Waals surface area contributed by atoms with Crippen LogP contribution in [0.5, 0.6) is 0 Å². The maximum atomic E-state index is 12.5. The molecule has 0 N–H and O–H groups in total. The molecule has 1 aromatic rings. The molecule has 0 aliphatic rings. The van der Waals surface area contributed by atoms with Gasteiger partial charge in [0.15, 0.2) is 0 Å². The minimum absolute atomic E-state index is 0.0433. The fraction of sp³-hybridized carbons (Fsp3) is 0.167. The molecule has 14 heavy (non-hydrogen) atoms. The summed E-state index contributed by atoms with van der Waals surface area (Å²) in [6, 6.07) is 0. The summed E-state index contributed by atoms with van der Waals surface area (Å²) in [5.74, 6) is 0. The number of halogens is 4. The van der Waals surface area contributed by atoms with Crippen molar-refractivity contribution >= 4 is 44.2 Å². The molecule has 0 unspecified atom stereocenters. The summed E-state index contributed by atoms with van der Waals surface area (Å²) in [7, 11) is 0. The number of rotatable bonds is 2. The van der Waals surface area contributed by atoms with Crippen LogP contribution in [0.1, 0.15) is 12.0 Å². The second kappa shape index (κ2) is 4.43. The average Bonchev–Trinajstić information content (AvgIpc) is 2.07. The zero-order valence-electron chi connectivity index (χ0n) is 6.38. The van der Waals surface area contributed by atoms with Crippen molar-refractivity contribution in [1.82, 2.24) is 4.98 Å². The van der Waals surface area contributed by atoms with Crippen LogP contribution in [0.3, 0.4) is 0 Å². The van der Waals surface area contributed by atoms with Gasteiger partial charge in [-0.05, 0) is 38.5 Å². The first-order chi connectivity index (χ1) is 6.45. The Labute approximate surface area is 99.1 Å². The first-order valence-corrected chi connectivity index (χ1v) is 5.08. The quantitative estimate of drug-likeness (QED) is 0.343. The Morgan fingerprint density at radius 2 is 2.21 bits per heavy atom. The minimum atomic E-state index is -2.91. The third-order valence-corrected chi connectivity index (χ3v) is 2.84. The summed E-state index contributed by atoms with van der Waals surface area (Å²) in [5, 5.41) is 10.5. The lowest BCUT2D eigenvalue weighted by Gasteiger charge is -2.04. The van der Waals surface area contributed by atoms with Gasteiger partial charge in [-0.1, -0.05) is 0 Å². The second-order valence-corrected chi connectivity index (χ2v) is 4.09. The summed E-state index contributed by atoms with van der Waals surface area (Å²) in [6.07, 6.45) is -1.78. The van der Waals surface area contributed by atoms with Gasteiger partial charge in [-0.25, -0.2) is 13.8 Å². The topological polar surface area (TPSA) is 56.0 Å². The van der Waals surface area contributed by atoms with Crippen LogP contribution in [0.15, 0.2) is 10.7 Å². The van der Waals surface area contributed by atoms with E-state index in [0.29, 0.717) is 0 Å². The Bertz CT molecular complexity index is 388. The smallest absolute Gasteiger partial charge is 0.258 e. The lowest BCUT2D eigenvalue weighted by Crippen LogP contribution is -2.01. The van der Waals surface area contributed by atoms with Crippen LogP contribution >= 0.6 is 38.5 Å². The van der Waals surface area contributed by atoms with Crippen molar-refractivity contribution < 1.29 is 13.7 Å². The van der Waals surface area contributed by atoms with Gasteiger partial charge in [0.1, 0.15) is 13.7 Å². The molecule has 8 heteroatoms. The molecule has 0 radical (unpaired) electrons. The zero-order valence-corrected chi connectivity index (χ0v) is 10.1. The van der Waals surface area contributed by atoms with Gasteiger partial charge in [0.05, 0.1) is 4.92 Å². The minimum Gasteiger partial charge on any atom is -0.258 e. The predicted octanol–water partition coefficient (Wildman–Crippen LogP) is 3.29. The summed E-state index contributed by atoms with van der Waals surface area (Å²) in [5.41, 5.74) is -1.27. The number of alkyl halides is 2. The summed E-state index contributed by atoms with van der Waals surface area (Å²) < 4.78 is 24.8. The van der Waals surface area contributed by atoms with Crippen molar-refractivity contribution in [2.45, 2.75) is 6.43 Å². The third-order valence-electron chi connectivity index (χ3n) is 1.40. The summed E-state index contributed by atoms with van der Waals surface area (Å²) in [6.45, 7) is 0. The normalized spacial score (nSPS) is 10.6. The Morgan fingerprint density at radius 3 is 2.57 bits per heavy atom. The molecule has 0 aliphatic heterocycles. The molecule has 1 aromatic heterocycles. The predicted molar refractivity (Wildman–Crippen MR) is 56.3 cm³/mol. The van der Waals surface area contributed by atoms with E-state index in [0.717, 1.165) is 6.20 Å². The lowest BCUT2D eigenvalue weighted by molar-refractivity contribution is -0.387. The van der Waals surface area contributed by atoms with E-state index < -0.39 is 22.6 Å². The van der Waals surface area contributed by atoms with E-state index >= 15 is 0 Å². The van der Waals surface area contributed by atoms with Crippen molar-refractivity contribution in [2.24, 2.45) is 0 Å². The number of hydrogen-bond donors (Lipinski definition) is 0. The highest BCUT2D eigenvalue weighted by Gasteiger charge is 2.28. The van der Waals surface area contributed by atoms with Crippen molar-refractivity contribution in [3.05, 3.63) is 30.0 Å². The zero-order chi connectivity index (χ0) is 10.9. The number of pyridine rings is 1. The van der Waals surface area contributed by atoms with Gasteiger partial charge in [0.2, 0.25) is 0 Å². The molecular weight excluding hydrogens is 377 g/mol. The van der Waals surface area contributed by atoms with Crippen molar-refractivity contribution in [3.8, 4) is 0 Å². The number of aromatic nitrogens is 1. The molecule has 0 spiro atoms. The van der Waals surface area contributed by atoms with Crippen LogP contribution in [0, 0.1) is 13.8 Å². The summed E-state index contributed by atoms with van der Waals surface area (Å²) in [4.78, 5) is 13.3. The molecule has 4 nitrogen and oxygen atoms in total. The average molecular weight is 379 g/mol. The Balaban J connectivity index is 3.50. The highest BCUT2D eigenvalue weighted by atomic mass is 127. The molecule has 0 saturated carbocycles. The number of nitrogens with zero attached hydrogens (tertiary/aromatic N) is 2. The third kappa shape index (κ3) is 2.16. The van der Waals surface area contributed by atoms with Gasteiger partial charge in [-0.15, -0.1) is 0 Å². The van der Waals surface area contributed by atoms with E-state index in [9.17, 15) is 18.9 Å². The highest BCUT2D eigenvalue weighted by Crippen LogP contribution is 2.36. The fourth-order valence-corrected chi connectivity index (χ4v) is 1.94. The molecule has 1 rings (SSSR count). The van der Waals surface area contributed by atoms with E-state index in [1.807, 2.05) is 0 Å². The van der Waals surface area contributed by atoms with Crippen molar-refractivity contribution in [3.63, 3.8) is 0 Å². The van der Waals surface area contributed by atoms with E-state index in [1.165, 1.54) is 22.6 Å². The highest BCUT2D eigenvalue weighted by molar-refractivity contribution is 14.1. The Hall–Kier alpha value is -0.380. The Kier molecular flexibility index (Phi) is 3.70. The molecular formula is C6H2BrF2IN2O2.